The standard InChI is InChI=1S/C21H25N3O3S/c1-4-27-18-8-6-5-7-17(18)20(26)24-21(28)23-16-11-9-15(10-12-16)22-19(25)13-14(2)3/h5-12,14H,4,13H2,1-3H3,(H,22,25)(H2,23,24,26,28). The largest absolute Gasteiger partial charge is 0.493 e. The number of carbonyl (C=O) groups is 2. The highest BCUT2D eigenvalue weighted by atomic mass is 32.1. The van der Waals surface area contributed by atoms with Crippen LogP contribution in [0.2, 0.25) is 0 Å². The van der Waals surface area contributed by atoms with E-state index in [9.17, 15) is 9.59 Å². The first-order valence-corrected chi connectivity index (χ1v) is 9.54. The average Bonchev–Trinajstić information content (AvgIpc) is 2.63. The first kappa shape index (κ1) is 21.4. The Balaban J connectivity index is 1.92. The van der Waals surface area contributed by atoms with E-state index in [-0.39, 0.29) is 16.9 Å². The van der Waals surface area contributed by atoms with Gasteiger partial charge in [-0.2, -0.15) is 0 Å². The quantitative estimate of drug-likeness (QED) is 0.608. The minimum absolute atomic E-state index is 0.0218. The Morgan fingerprint density at radius 3 is 2.21 bits per heavy atom. The number of rotatable bonds is 7. The summed E-state index contributed by atoms with van der Waals surface area (Å²) in [6.07, 6.45) is 0.472. The van der Waals surface area contributed by atoms with Crippen molar-refractivity contribution in [3.63, 3.8) is 0 Å². The van der Waals surface area contributed by atoms with Gasteiger partial charge in [-0.25, -0.2) is 0 Å². The van der Waals surface area contributed by atoms with Crippen LogP contribution >= 0.6 is 12.2 Å². The summed E-state index contributed by atoms with van der Waals surface area (Å²) in [7, 11) is 0. The highest BCUT2D eigenvalue weighted by molar-refractivity contribution is 7.80. The number of carbonyl (C=O) groups excluding carboxylic acids is 2. The molecule has 0 bridgehead atoms. The van der Waals surface area contributed by atoms with E-state index in [1.807, 2.05) is 20.8 Å². The normalized spacial score (nSPS) is 10.3. The van der Waals surface area contributed by atoms with E-state index in [1.54, 1.807) is 48.5 Å². The van der Waals surface area contributed by atoms with Gasteiger partial charge < -0.3 is 15.4 Å². The fraction of sp³-hybridized carbons (Fsp3) is 0.286. The summed E-state index contributed by atoms with van der Waals surface area (Å²) in [4.78, 5) is 24.2. The Labute approximate surface area is 170 Å². The van der Waals surface area contributed by atoms with E-state index < -0.39 is 0 Å². The van der Waals surface area contributed by atoms with E-state index in [4.69, 9.17) is 17.0 Å². The molecule has 2 rings (SSSR count). The number of anilines is 2. The van der Waals surface area contributed by atoms with Crippen LogP contribution in [0.25, 0.3) is 0 Å². The van der Waals surface area contributed by atoms with Crippen LogP contribution in [0.3, 0.4) is 0 Å². The number of para-hydroxylation sites is 1. The van der Waals surface area contributed by atoms with Crippen LogP contribution in [-0.4, -0.2) is 23.5 Å². The van der Waals surface area contributed by atoms with Crippen molar-refractivity contribution in [3.05, 3.63) is 54.1 Å². The fourth-order valence-electron chi connectivity index (χ4n) is 2.49. The van der Waals surface area contributed by atoms with Crippen LogP contribution in [0.5, 0.6) is 5.75 Å². The van der Waals surface area contributed by atoms with Crippen LogP contribution in [0.4, 0.5) is 11.4 Å². The van der Waals surface area contributed by atoms with Crippen LogP contribution in [0.15, 0.2) is 48.5 Å². The number of nitrogens with one attached hydrogen (secondary N) is 3. The predicted octanol–water partition coefficient (Wildman–Crippen LogP) is 4.20. The summed E-state index contributed by atoms with van der Waals surface area (Å²) >= 11 is 5.22. The first-order valence-electron chi connectivity index (χ1n) is 9.13. The smallest absolute Gasteiger partial charge is 0.261 e. The molecule has 0 radical (unpaired) electrons. The number of thiocarbonyl (C=S) groups is 1. The molecule has 0 unspecified atom stereocenters. The number of hydrogen-bond acceptors (Lipinski definition) is 4. The molecular weight excluding hydrogens is 374 g/mol. The van der Waals surface area contributed by atoms with Crippen molar-refractivity contribution in [2.24, 2.45) is 5.92 Å². The molecule has 0 atom stereocenters. The van der Waals surface area contributed by atoms with E-state index in [0.29, 0.717) is 41.6 Å². The van der Waals surface area contributed by atoms with Crippen LogP contribution < -0.4 is 20.7 Å². The summed E-state index contributed by atoms with van der Waals surface area (Å²) in [6, 6.07) is 14.1. The Morgan fingerprint density at radius 1 is 1.00 bits per heavy atom. The lowest BCUT2D eigenvalue weighted by Gasteiger charge is -2.13. The second-order valence-electron chi connectivity index (χ2n) is 6.56. The van der Waals surface area contributed by atoms with Crippen molar-refractivity contribution in [2.75, 3.05) is 17.2 Å². The lowest BCUT2D eigenvalue weighted by atomic mass is 10.1. The molecule has 0 fully saturated rings. The van der Waals surface area contributed by atoms with Gasteiger partial charge in [0, 0.05) is 17.8 Å². The molecule has 2 aromatic rings. The van der Waals surface area contributed by atoms with Gasteiger partial charge in [0.05, 0.1) is 12.2 Å². The topological polar surface area (TPSA) is 79.5 Å². The van der Waals surface area contributed by atoms with Crippen molar-refractivity contribution in [1.82, 2.24) is 5.32 Å². The molecule has 28 heavy (non-hydrogen) atoms. The first-order chi connectivity index (χ1) is 13.4. The highest BCUT2D eigenvalue weighted by Crippen LogP contribution is 2.18. The molecular formula is C21H25N3O3S. The van der Waals surface area contributed by atoms with Gasteiger partial charge in [0.2, 0.25) is 5.91 Å². The zero-order chi connectivity index (χ0) is 20.5. The van der Waals surface area contributed by atoms with E-state index in [2.05, 4.69) is 16.0 Å². The van der Waals surface area contributed by atoms with E-state index in [1.165, 1.54) is 0 Å². The average molecular weight is 400 g/mol. The summed E-state index contributed by atoms with van der Waals surface area (Å²) in [5.41, 5.74) is 1.82. The number of benzene rings is 2. The third kappa shape index (κ3) is 6.66. The van der Waals surface area contributed by atoms with Gasteiger partial charge in [0.25, 0.3) is 5.91 Å². The summed E-state index contributed by atoms with van der Waals surface area (Å²) in [5.74, 6) is 0.437. The van der Waals surface area contributed by atoms with E-state index in [0.717, 1.165) is 0 Å². The fourth-order valence-corrected chi connectivity index (χ4v) is 2.70. The summed E-state index contributed by atoms with van der Waals surface area (Å²) < 4.78 is 5.47. The Hall–Kier alpha value is -2.93. The van der Waals surface area contributed by atoms with Gasteiger partial charge in [-0.05, 0) is 61.5 Å². The van der Waals surface area contributed by atoms with Gasteiger partial charge in [0.1, 0.15) is 5.75 Å². The molecule has 7 heteroatoms. The van der Waals surface area contributed by atoms with Gasteiger partial charge >= 0.3 is 0 Å². The van der Waals surface area contributed by atoms with Gasteiger partial charge in [0.15, 0.2) is 5.11 Å². The number of ether oxygens (including phenoxy) is 1. The molecule has 2 aromatic carbocycles. The molecule has 6 nitrogen and oxygen atoms in total. The molecule has 0 aliphatic rings. The molecule has 0 aromatic heterocycles. The Bertz CT molecular complexity index is 835. The van der Waals surface area contributed by atoms with Crippen LogP contribution in [0.1, 0.15) is 37.6 Å². The molecule has 0 spiro atoms. The third-order valence-corrected chi connectivity index (χ3v) is 3.88. The Kier molecular flexibility index (Phi) is 7.95. The van der Waals surface area contributed by atoms with Crippen molar-refractivity contribution < 1.29 is 14.3 Å². The monoisotopic (exact) mass is 399 g/mol. The SMILES string of the molecule is CCOc1ccccc1C(=O)NC(=S)Nc1ccc(NC(=O)CC(C)C)cc1. The minimum atomic E-state index is -0.348. The molecule has 2 amide bonds. The van der Waals surface area contributed by atoms with Crippen LogP contribution in [-0.2, 0) is 4.79 Å². The van der Waals surface area contributed by atoms with Crippen molar-refractivity contribution >= 4 is 40.5 Å². The summed E-state index contributed by atoms with van der Waals surface area (Å²) in [5, 5.41) is 8.61. The lowest BCUT2D eigenvalue weighted by Crippen LogP contribution is -2.34. The maximum absolute atomic E-state index is 12.4. The molecule has 148 valence electrons. The van der Waals surface area contributed by atoms with Crippen LogP contribution in [0, 0.1) is 5.92 Å². The molecule has 0 aliphatic heterocycles. The van der Waals surface area contributed by atoms with Crippen molar-refractivity contribution in [2.45, 2.75) is 27.2 Å². The molecule has 0 saturated heterocycles. The second-order valence-corrected chi connectivity index (χ2v) is 6.97. The zero-order valence-corrected chi connectivity index (χ0v) is 17.1. The predicted molar refractivity (Wildman–Crippen MR) is 116 cm³/mol. The van der Waals surface area contributed by atoms with Gasteiger partial charge in [-0.15, -0.1) is 0 Å². The van der Waals surface area contributed by atoms with Gasteiger partial charge in [-0.1, -0.05) is 26.0 Å². The number of amides is 2. The molecule has 0 aliphatic carbocycles. The zero-order valence-electron chi connectivity index (χ0n) is 16.2. The molecule has 3 N–H and O–H groups in total. The Morgan fingerprint density at radius 2 is 1.61 bits per heavy atom. The highest BCUT2D eigenvalue weighted by Gasteiger charge is 2.13. The van der Waals surface area contributed by atoms with E-state index >= 15 is 0 Å². The molecule has 0 saturated carbocycles. The summed E-state index contributed by atoms with van der Waals surface area (Å²) in [6.45, 7) is 6.31. The minimum Gasteiger partial charge on any atom is -0.493 e. The third-order valence-electron chi connectivity index (χ3n) is 3.68. The maximum atomic E-state index is 12.4. The van der Waals surface area contributed by atoms with Crippen molar-refractivity contribution in [1.29, 1.82) is 0 Å². The number of hydrogen-bond donors (Lipinski definition) is 3. The lowest BCUT2D eigenvalue weighted by molar-refractivity contribution is -0.116. The maximum Gasteiger partial charge on any atom is 0.261 e. The second kappa shape index (κ2) is 10.4. The van der Waals surface area contributed by atoms with Crippen molar-refractivity contribution in [3.8, 4) is 5.75 Å². The van der Waals surface area contributed by atoms with Gasteiger partial charge in [-0.3, -0.25) is 14.9 Å². The molecule has 0 heterocycles.